The number of carbonyl (C=O) groups is 2. The highest BCUT2D eigenvalue weighted by Gasteiger charge is 2.47. The lowest BCUT2D eigenvalue weighted by atomic mass is 9.93. The second-order valence-electron chi connectivity index (χ2n) is 5.08. The molecule has 5 nitrogen and oxygen atoms in total. The summed E-state index contributed by atoms with van der Waals surface area (Å²) in [7, 11) is 1.34. The molecule has 1 aliphatic rings. The second kappa shape index (κ2) is 7.22. The van der Waals surface area contributed by atoms with Gasteiger partial charge in [0.25, 0.3) is 5.95 Å². The van der Waals surface area contributed by atoms with Gasteiger partial charge in [-0.25, -0.2) is 0 Å². The molecule has 21 heavy (non-hydrogen) atoms. The van der Waals surface area contributed by atoms with Gasteiger partial charge in [-0.2, -0.15) is 0 Å². The van der Waals surface area contributed by atoms with Crippen LogP contribution in [0.1, 0.15) is 33.6 Å². The molecule has 0 amide bonds. The Balaban J connectivity index is 2.99. The van der Waals surface area contributed by atoms with E-state index in [0.29, 0.717) is 0 Å². The van der Waals surface area contributed by atoms with Gasteiger partial charge in [0.15, 0.2) is 11.4 Å². The molecule has 2 unspecified atom stereocenters. The van der Waals surface area contributed by atoms with Crippen molar-refractivity contribution in [1.82, 2.24) is 0 Å². The van der Waals surface area contributed by atoms with Crippen molar-refractivity contribution in [2.45, 2.75) is 45.3 Å². The maximum Gasteiger partial charge on any atom is 0.295 e. The molecule has 0 radical (unpaired) electrons. The Morgan fingerprint density at radius 2 is 2.14 bits per heavy atom. The first-order chi connectivity index (χ1) is 9.85. The normalized spacial score (nSPS) is 24.0. The number of aliphatic hydroxyl groups is 1. The van der Waals surface area contributed by atoms with Crippen LogP contribution in [0.3, 0.4) is 0 Å². The van der Waals surface area contributed by atoms with Gasteiger partial charge in [0.1, 0.15) is 5.57 Å². The molecule has 0 aromatic heterocycles. The summed E-state index contributed by atoms with van der Waals surface area (Å²) in [5.74, 6) is -1.02. The van der Waals surface area contributed by atoms with E-state index in [1.165, 1.54) is 14.0 Å². The summed E-state index contributed by atoms with van der Waals surface area (Å²) in [6.07, 6.45) is 6.95. The van der Waals surface area contributed by atoms with Gasteiger partial charge in [0.2, 0.25) is 5.78 Å². The first kappa shape index (κ1) is 17.2. The minimum Gasteiger partial charge on any atom is -0.468 e. The number of hydrogen-bond donors (Lipinski definition) is 1. The monoisotopic (exact) mass is 294 g/mol. The molecule has 0 saturated carbocycles. The van der Waals surface area contributed by atoms with Gasteiger partial charge in [-0.3, -0.25) is 9.59 Å². The van der Waals surface area contributed by atoms with Crippen LogP contribution >= 0.6 is 0 Å². The largest absolute Gasteiger partial charge is 0.468 e. The fraction of sp³-hybridized carbons (Fsp3) is 0.500. The summed E-state index contributed by atoms with van der Waals surface area (Å²) in [5.41, 5.74) is -1.38. The first-order valence-corrected chi connectivity index (χ1v) is 6.93. The van der Waals surface area contributed by atoms with Crippen LogP contribution in [0.25, 0.3) is 0 Å². The minimum absolute atomic E-state index is 0.0859. The number of ether oxygens (including phenoxy) is 2. The van der Waals surface area contributed by atoms with Crippen LogP contribution in [0.2, 0.25) is 0 Å². The molecule has 0 fully saturated rings. The third-order valence-electron chi connectivity index (χ3n) is 3.03. The highest BCUT2D eigenvalue weighted by atomic mass is 16.7. The fourth-order valence-electron chi connectivity index (χ4n) is 1.95. The standard InChI is InChI=1S/C16H22O5/c1-5-6-7-8-9-16(3)14(19)13(15(20-4)21-16)12(18)10-11(2)17/h6-9,11,17H,5,10H2,1-4H3. The van der Waals surface area contributed by atoms with Crippen molar-refractivity contribution in [1.29, 1.82) is 0 Å². The van der Waals surface area contributed by atoms with E-state index < -0.39 is 23.3 Å². The molecule has 0 spiro atoms. The van der Waals surface area contributed by atoms with E-state index in [4.69, 9.17) is 9.47 Å². The molecule has 2 atom stereocenters. The van der Waals surface area contributed by atoms with Crippen molar-refractivity contribution < 1.29 is 24.2 Å². The van der Waals surface area contributed by atoms with Crippen molar-refractivity contribution in [2.24, 2.45) is 0 Å². The first-order valence-electron chi connectivity index (χ1n) is 6.93. The van der Waals surface area contributed by atoms with Crippen molar-refractivity contribution >= 4 is 11.6 Å². The summed E-state index contributed by atoms with van der Waals surface area (Å²) >= 11 is 0. The molecule has 0 saturated heterocycles. The molecule has 0 aliphatic carbocycles. The number of methoxy groups -OCH3 is 1. The zero-order valence-electron chi connectivity index (χ0n) is 12.9. The van der Waals surface area contributed by atoms with Gasteiger partial charge < -0.3 is 14.6 Å². The number of hydrogen-bond acceptors (Lipinski definition) is 5. The van der Waals surface area contributed by atoms with Crippen LogP contribution < -0.4 is 0 Å². The van der Waals surface area contributed by atoms with Crippen molar-refractivity contribution in [3.63, 3.8) is 0 Å². The van der Waals surface area contributed by atoms with Crippen LogP contribution in [0.15, 0.2) is 35.8 Å². The Bertz CT molecular complexity index is 499. The van der Waals surface area contributed by atoms with Gasteiger partial charge in [0, 0.05) is 6.42 Å². The van der Waals surface area contributed by atoms with E-state index in [2.05, 4.69) is 0 Å². The molecule has 116 valence electrons. The maximum atomic E-state index is 12.4. The predicted octanol–water partition coefficient (Wildman–Crippen LogP) is 2.06. The summed E-state index contributed by atoms with van der Waals surface area (Å²) < 4.78 is 10.5. The van der Waals surface area contributed by atoms with Gasteiger partial charge >= 0.3 is 0 Å². The number of ketones is 2. The Kier molecular flexibility index (Phi) is 5.90. The topological polar surface area (TPSA) is 72.8 Å². The highest BCUT2D eigenvalue weighted by Crippen LogP contribution is 2.33. The van der Waals surface area contributed by atoms with Crippen LogP contribution in [0.5, 0.6) is 0 Å². The molecule has 1 N–H and O–H groups in total. The molecule has 1 rings (SSSR count). The Hall–Kier alpha value is -1.88. The maximum absolute atomic E-state index is 12.4. The van der Waals surface area contributed by atoms with E-state index in [1.54, 1.807) is 19.1 Å². The van der Waals surface area contributed by atoms with Crippen molar-refractivity contribution in [3.05, 3.63) is 35.8 Å². The minimum atomic E-state index is -1.26. The van der Waals surface area contributed by atoms with Crippen LogP contribution in [-0.4, -0.2) is 35.5 Å². The zero-order valence-corrected chi connectivity index (χ0v) is 12.9. The molecule has 1 heterocycles. The summed E-state index contributed by atoms with van der Waals surface area (Å²) in [6.45, 7) is 5.06. The SMILES string of the molecule is CCC=CC=CC1(C)OC(OC)=C(C(=O)CC(C)O)C1=O. The summed E-state index contributed by atoms with van der Waals surface area (Å²) in [6, 6.07) is 0. The highest BCUT2D eigenvalue weighted by molar-refractivity contribution is 6.25. The average Bonchev–Trinajstić information content (AvgIpc) is 2.66. The molecule has 0 aromatic carbocycles. The number of carbonyl (C=O) groups excluding carboxylic acids is 2. The van der Waals surface area contributed by atoms with Crippen LogP contribution in [-0.2, 0) is 19.1 Å². The fourth-order valence-corrected chi connectivity index (χ4v) is 1.95. The molecule has 0 bridgehead atoms. The average molecular weight is 294 g/mol. The Morgan fingerprint density at radius 1 is 1.48 bits per heavy atom. The predicted molar refractivity (Wildman–Crippen MR) is 78.4 cm³/mol. The van der Waals surface area contributed by atoms with Gasteiger partial charge in [0.05, 0.1) is 13.2 Å². The Morgan fingerprint density at radius 3 is 2.67 bits per heavy atom. The smallest absolute Gasteiger partial charge is 0.295 e. The third-order valence-corrected chi connectivity index (χ3v) is 3.03. The van der Waals surface area contributed by atoms with E-state index in [1.807, 2.05) is 19.1 Å². The summed E-state index contributed by atoms with van der Waals surface area (Å²) in [4.78, 5) is 24.5. The third kappa shape index (κ3) is 4.04. The van der Waals surface area contributed by atoms with Gasteiger partial charge in [-0.15, -0.1) is 0 Å². The van der Waals surface area contributed by atoms with Crippen LogP contribution in [0.4, 0.5) is 0 Å². The molecular formula is C16H22O5. The van der Waals surface area contributed by atoms with Crippen molar-refractivity contribution in [3.8, 4) is 0 Å². The number of allylic oxidation sites excluding steroid dienone is 3. The number of aliphatic hydroxyl groups excluding tert-OH is 1. The molecule has 0 aromatic rings. The van der Waals surface area contributed by atoms with Crippen molar-refractivity contribution in [2.75, 3.05) is 7.11 Å². The number of rotatable bonds is 7. The molecule has 5 heteroatoms. The molecule has 1 aliphatic heterocycles. The lowest BCUT2D eigenvalue weighted by Crippen LogP contribution is -2.33. The zero-order chi connectivity index (χ0) is 16.0. The van der Waals surface area contributed by atoms with E-state index in [-0.39, 0.29) is 17.9 Å². The summed E-state index contributed by atoms with van der Waals surface area (Å²) in [5, 5.41) is 9.30. The van der Waals surface area contributed by atoms with Crippen LogP contribution in [0, 0.1) is 0 Å². The second-order valence-corrected chi connectivity index (χ2v) is 5.08. The quantitative estimate of drug-likeness (QED) is 0.575. The van der Waals surface area contributed by atoms with E-state index in [0.717, 1.165) is 6.42 Å². The molecular weight excluding hydrogens is 272 g/mol. The van der Waals surface area contributed by atoms with E-state index in [9.17, 15) is 14.7 Å². The van der Waals surface area contributed by atoms with Gasteiger partial charge in [-0.05, 0) is 26.3 Å². The lowest BCUT2D eigenvalue weighted by Gasteiger charge is -2.18. The lowest BCUT2D eigenvalue weighted by molar-refractivity contribution is -0.128. The van der Waals surface area contributed by atoms with Gasteiger partial charge in [-0.1, -0.05) is 25.2 Å². The van der Waals surface area contributed by atoms with E-state index >= 15 is 0 Å². The number of Topliss-reactive ketones (excluding diaryl/α,β-unsaturated/α-hetero) is 2. The Labute approximate surface area is 124 Å².